The number of hydrogen-bond acceptors (Lipinski definition) is 6. The van der Waals surface area contributed by atoms with Crippen LogP contribution in [0, 0.1) is 6.92 Å². The quantitative estimate of drug-likeness (QED) is 0.502. The molecule has 1 amide bonds. The van der Waals surface area contributed by atoms with Crippen molar-refractivity contribution in [2.75, 3.05) is 5.32 Å². The van der Waals surface area contributed by atoms with Crippen LogP contribution in [-0.4, -0.2) is 40.7 Å². The predicted molar refractivity (Wildman–Crippen MR) is 96.7 cm³/mol. The molecule has 3 N–H and O–H groups in total. The maximum absolute atomic E-state index is 12.4. The summed E-state index contributed by atoms with van der Waals surface area (Å²) in [5.74, 6) is 0.936. The number of anilines is 1. The van der Waals surface area contributed by atoms with E-state index in [1.807, 2.05) is 13.0 Å². The van der Waals surface area contributed by atoms with Crippen molar-refractivity contribution in [3.63, 3.8) is 0 Å². The van der Waals surface area contributed by atoms with Crippen molar-refractivity contribution in [1.82, 2.24) is 29.7 Å². The van der Waals surface area contributed by atoms with Crippen LogP contribution >= 0.6 is 0 Å². The third-order valence-electron chi connectivity index (χ3n) is 4.78. The van der Waals surface area contributed by atoms with E-state index >= 15 is 0 Å². The molecule has 9 heteroatoms. The SMILES string of the molecule is Cc1nn(-c2ncnc3nc[nH]c23)c2c1[C@H](c1cccc(O)c1)CC(=O)N2. The number of H-pyrrole nitrogens is 1. The van der Waals surface area contributed by atoms with Gasteiger partial charge in [-0.05, 0) is 24.6 Å². The summed E-state index contributed by atoms with van der Waals surface area (Å²) in [5.41, 5.74) is 3.71. The van der Waals surface area contributed by atoms with E-state index in [4.69, 9.17) is 0 Å². The summed E-state index contributed by atoms with van der Waals surface area (Å²) in [6.45, 7) is 1.90. The fourth-order valence-corrected chi connectivity index (χ4v) is 3.64. The van der Waals surface area contributed by atoms with Gasteiger partial charge in [-0.2, -0.15) is 9.78 Å². The zero-order valence-electron chi connectivity index (χ0n) is 14.3. The highest BCUT2D eigenvalue weighted by Crippen LogP contribution is 2.40. The predicted octanol–water partition coefficient (Wildman–Crippen LogP) is 2.03. The van der Waals surface area contributed by atoms with Crippen molar-refractivity contribution in [3.8, 4) is 11.6 Å². The lowest BCUT2D eigenvalue weighted by atomic mass is 9.86. The number of aryl methyl sites for hydroxylation is 1. The highest BCUT2D eigenvalue weighted by Gasteiger charge is 2.33. The van der Waals surface area contributed by atoms with Crippen molar-refractivity contribution in [2.24, 2.45) is 0 Å². The van der Waals surface area contributed by atoms with Crippen LogP contribution in [0.15, 0.2) is 36.9 Å². The first kappa shape index (κ1) is 15.5. The fourth-order valence-electron chi connectivity index (χ4n) is 3.64. The minimum atomic E-state index is -0.200. The van der Waals surface area contributed by atoms with E-state index in [1.54, 1.807) is 29.2 Å². The second-order valence-electron chi connectivity index (χ2n) is 6.46. The van der Waals surface area contributed by atoms with E-state index in [0.717, 1.165) is 16.8 Å². The first-order valence-electron chi connectivity index (χ1n) is 8.44. The van der Waals surface area contributed by atoms with Crippen molar-refractivity contribution in [2.45, 2.75) is 19.3 Å². The number of amides is 1. The number of benzene rings is 1. The van der Waals surface area contributed by atoms with E-state index in [1.165, 1.54) is 6.33 Å². The summed E-state index contributed by atoms with van der Waals surface area (Å²) in [6, 6.07) is 6.97. The number of phenols is 1. The number of carbonyl (C=O) groups excluding carboxylic acids is 1. The van der Waals surface area contributed by atoms with Crippen LogP contribution in [0.3, 0.4) is 0 Å². The van der Waals surface area contributed by atoms with Crippen LogP contribution < -0.4 is 5.32 Å². The van der Waals surface area contributed by atoms with Gasteiger partial charge in [0, 0.05) is 17.9 Å². The molecule has 3 aromatic heterocycles. The maximum Gasteiger partial charge on any atom is 0.226 e. The first-order chi connectivity index (χ1) is 13.1. The number of aromatic hydroxyl groups is 1. The zero-order chi connectivity index (χ0) is 18.5. The van der Waals surface area contributed by atoms with E-state index in [-0.39, 0.29) is 24.0 Å². The molecule has 0 unspecified atom stereocenters. The topological polar surface area (TPSA) is 122 Å². The van der Waals surface area contributed by atoms with E-state index < -0.39 is 0 Å². The molecule has 0 bridgehead atoms. The molecular formula is C18H15N7O2. The molecule has 0 saturated carbocycles. The molecule has 0 fully saturated rings. The molecule has 0 saturated heterocycles. The van der Waals surface area contributed by atoms with Gasteiger partial charge in [-0.3, -0.25) is 4.79 Å². The Hall–Kier alpha value is -3.75. The lowest BCUT2D eigenvalue weighted by Crippen LogP contribution is -2.25. The molecule has 134 valence electrons. The number of fused-ring (bicyclic) bond motifs is 2. The molecule has 5 rings (SSSR count). The number of hydrogen-bond donors (Lipinski definition) is 3. The van der Waals surface area contributed by atoms with Gasteiger partial charge in [0.05, 0.1) is 12.0 Å². The third-order valence-corrected chi connectivity index (χ3v) is 4.78. The Morgan fingerprint density at radius 1 is 1.26 bits per heavy atom. The van der Waals surface area contributed by atoms with Gasteiger partial charge >= 0.3 is 0 Å². The Morgan fingerprint density at radius 2 is 2.15 bits per heavy atom. The van der Waals surface area contributed by atoms with Crippen LogP contribution in [0.5, 0.6) is 5.75 Å². The second kappa shape index (κ2) is 5.63. The molecule has 0 radical (unpaired) electrons. The van der Waals surface area contributed by atoms with E-state index in [2.05, 4.69) is 30.4 Å². The van der Waals surface area contributed by atoms with Gasteiger partial charge in [0.25, 0.3) is 0 Å². The number of aromatic nitrogens is 6. The van der Waals surface area contributed by atoms with Crippen LogP contribution in [0.2, 0.25) is 0 Å². The summed E-state index contributed by atoms with van der Waals surface area (Å²) in [7, 11) is 0. The van der Waals surface area contributed by atoms with Gasteiger partial charge in [0.15, 0.2) is 11.5 Å². The summed E-state index contributed by atoms with van der Waals surface area (Å²) in [4.78, 5) is 28.1. The highest BCUT2D eigenvalue weighted by atomic mass is 16.3. The van der Waals surface area contributed by atoms with Gasteiger partial charge in [-0.1, -0.05) is 12.1 Å². The van der Waals surface area contributed by atoms with Crippen molar-refractivity contribution < 1.29 is 9.90 Å². The smallest absolute Gasteiger partial charge is 0.226 e. The Bertz CT molecular complexity index is 1190. The van der Waals surface area contributed by atoms with Crippen LogP contribution in [0.1, 0.15) is 29.2 Å². The summed E-state index contributed by atoms with van der Waals surface area (Å²) in [6.07, 6.45) is 3.24. The molecule has 4 heterocycles. The van der Waals surface area contributed by atoms with Crippen LogP contribution in [-0.2, 0) is 4.79 Å². The first-order valence-corrected chi connectivity index (χ1v) is 8.44. The summed E-state index contributed by atoms with van der Waals surface area (Å²) >= 11 is 0. The molecule has 27 heavy (non-hydrogen) atoms. The Balaban J connectivity index is 1.73. The summed E-state index contributed by atoms with van der Waals surface area (Å²) in [5, 5.41) is 17.4. The van der Waals surface area contributed by atoms with Crippen molar-refractivity contribution >= 4 is 22.9 Å². The van der Waals surface area contributed by atoms with Gasteiger partial charge < -0.3 is 15.4 Å². The molecular weight excluding hydrogens is 346 g/mol. The number of imidazole rings is 1. The lowest BCUT2D eigenvalue weighted by Gasteiger charge is -2.24. The minimum Gasteiger partial charge on any atom is -0.508 e. The highest BCUT2D eigenvalue weighted by molar-refractivity contribution is 5.95. The Labute approximate surface area is 153 Å². The van der Waals surface area contributed by atoms with Crippen molar-refractivity contribution in [1.29, 1.82) is 0 Å². The molecule has 1 aliphatic rings. The normalized spacial score (nSPS) is 16.3. The number of rotatable bonds is 2. The number of nitrogens with one attached hydrogen (secondary N) is 2. The Kier molecular flexibility index (Phi) is 3.23. The molecule has 0 spiro atoms. The Morgan fingerprint density at radius 3 is 3.00 bits per heavy atom. The molecule has 1 aliphatic heterocycles. The molecule has 4 aromatic rings. The van der Waals surface area contributed by atoms with Crippen LogP contribution in [0.25, 0.3) is 17.0 Å². The largest absolute Gasteiger partial charge is 0.508 e. The third kappa shape index (κ3) is 2.35. The monoisotopic (exact) mass is 361 g/mol. The maximum atomic E-state index is 12.4. The zero-order valence-corrected chi connectivity index (χ0v) is 14.3. The second-order valence-corrected chi connectivity index (χ2v) is 6.46. The average molecular weight is 361 g/mol. The van der Waals surface area contributed by atoms with Gasteiger partial charge in [-0.15, -0.1) is 0 Å². The van der Waals surface area contributed by atoms with E-state index in [0.29, 0.717) is 22.8 Å². The number of carbonyl (C=O) groups is 1. The van der Waals surface area contributed by atoms with Crippen molar-refractivity contribution in [3.05, 3.63) is 53.7 Å². The average Bonchev–Trinajstić information content (AvgIpc) is 3.25. The molecule has 9 nitrogen and oxygen atoms in total. The molecule has 1 aromatic carbocycles. The lowest BCUT2D eigenvalue weighted by molar-refractivity contribution is -0.116. The van der Waals surface area contributed by atoms with Crippen LogP contribution in [0.4, 0.5) is 5.82 Å². The van der Waals surface area contributed by atoms with Gasteiger partial charge in [-0.25, -0.2) is 15.0 Å². The minimum absolute atomic E-state index is 0.119. The number of phenolic OH excluding ortho intramolecular Hbond substituents is 1. The standard InChI is InChI=1S/C18H15N7O2/c1-9-14-12(10-3-2-4-11(26)5-10)6-13(27)23-17(14)25(24-9)18-15-16(20-7-19-15)21-8-22-18/h2-5,7-8,12,26H,6H2,1H3,(H,23,27)(H,19,20,21,22)/t12-/m0/s1. The fraction of sp³-hybridized carbons (Fsp3) is 0.167. The van der Waals surface area contributed by atoms with Gasteiger partial charge in [0.1, 0.15) is 23.4 Å². The van der Waals surface area contributed by atoms with E-state index in [9.17, 15) is 9.90 Å². The number of aromatic amines is 1. The molecule has 1 atom stereocenters. The number of nitrogens with zero attached hydrogens (tertiary/aromatic N) is 5. The summed E-state index contributed by atoms with van der Waals surface area (Å²) < 4.78 is 1.61. The molecule has 0 aliphatic carbocycles. The van der Waals surface area contributed by atoms with Gasteiger partial charge in [0.2, 0.25) is 5.91 Å².